The van der Waals surface area contributed by atoms with Gasteiger partial charge in [0.2, 0.25) is 0 Å². The van der Waals surface area contributed by atoms with E-state index < -0.39 is 10.1 Å². The molecule has 1 heterocycles. The molecule has 0 unspecified atom stereocenters. The fraction of sp³-hybridized carbons (Fsp3) is 0.400. The van der Waals surface area contributed by atoms with Crippen LogP contribution < -0.4 is 29.6 Å². The average Bonchev–Trinajstić information content (AvgIpc) is 2.61. The molecule has 0 radical (unpaired) electrons. The third-order valence-electron chi connectivity index (χ3n) is 2.41. The van der Waals surface area contributed by atoms with E-state index in [-0.39, 0.29) is 45.9 Å². The first-order chi connectivity index (χ1) is 7.89. The van der Waals surface area contributed by atoms with E-state index in [1.54, 1.807) is 12.1 Å². The monoisotopic (exact) mass is 277 g/mol. The molecule has 0 saturated heterocycles. The van der Waals surface area contributed by atoms with Gasteiger partial charge in [0.1, 0.15) is 15.6 Å². The maximum Gasteiger partial charge on any atom is 1.00 e. The number of benzene rings is 1. The van der Waals surface area contributed by atoms with E-state index in [1.165, 1.54) is 0 Å². The predicted molar refractivity (Wildman–Crippen MR) is 60.4 cm³/mol. The SMILES string of the molecule is CC(C)Cc1ccc2[nH]nnc2c1S(=O)(=O)[O-].[Na+]. The van der Waals surface area contributed by atoms with Crippen molar-refractivity contribution in [2.24, 2.45) is 5.92 Å². The van der Waals surface area contributed by atoms with Crippen molar-refractivity contribution in [3.05, 3.63) is 17.7 Å². The Hall–Kier alpha value is -0.470. The number of aromatic nitrogens is 3. The normalized spacial score (nSPS) is 11.8. The van der Waals surface area contributed by atoms with E-state index in [0.717, 1.165) is 0 Å². The summed E-state index contributed by atoms with van der Waals surface area (Å²) in [7, 11) is -4.55. The Balaban J connectivity index is 0.00000162. The molecule has 0 atom stereocenters. The molecule has 6 nitrogen and oxygen atoms in total. The van der Waals surface area contributed by atoms with Crippen LogP contribution in [0.3, 0.4) is 0 Å². The van der Waals surface area contributed by atoms with Crippen LogP contribution in [-0.4, -0.2) is 28.4 Å². The summed E-state index contributed by atoms with van der Waals surface area (Å²) in [5.41, 5.74) is 1.07. The van der Waals surface area contributed by atoms with Gasteiger partial charge in [0, 0.05) is 0 Å². The minimum Gasteiger partial charge on any atom is -0.744 e. The van der Waals surface area contributed by atoms with Gasteiger partial charge in [-0.3, -0.25) is 5.10 Å². The molecule has 1 aromatic heterocycles. The van der Waals surface area contributed by atoms with Gasteiger partial charge in [0.25, 0.3) is 0 Å². The Labute approximate surface area is 127 Å². The van der Waals surface area contributed by atoms with Crippen molar-refractivity contribution in [3.8, 4) is 0 Å². The van der Waals surface area contributed by atoms with Crippen LogP contribution in [0.1, 0.15) is 19.4 Å². The summed E-state index contributed by atoms with van der Waals surface area (Å²) in [6, 6.07) is 3.31. The van der Waals surface area contributed by atoms with E-state index in [9.17, 15) is 13.0 Å². The minimum atomic E-state index is -4.55. The molecule has 2 aromatic rings. The zero-order valence-electron chi connectivity index (χ0n) is 10.5. The second-order valence-corrected chi connectivity index (χ2v) is 5.63. The van der Waals surface area contributed by atoms with Gasteiger partial charge in [-0.05, 0) is 24.0 Å². The van der Waals surface area contributed by atoms with Crippen molar-refractivity contribution in [1.29, 1.82) is 0 Å². The topological polar surface area (TPSA) is 98.8 Å². The quantitative estimate of drug-likeness (QED) is 0.520. The summed E-state index contributed by atoms with van der Waals surface area (Å²) in [5, 5.41) is 9.73. The molecule has 18 heavy (non-hydrogen) atoms. The number of rotatable bonds is 3. The van der Waals surface area contributed by atoms with Crippen molar-refractivity contribution in [3.63, 3.8) is 0 Å². The smallest absolute Gasteiger partial charge is 0.744 e. The van der Waals surface area contributed by atoms with Crippen LogP contribution in [0, 0.1) is 5.92 Å². The fourth-order valence-electron chi connectivity index (χ4n) is 1.81. The van der Waals surface area contributed by atoms with Crippen LogP contribution in [0.25, 0.3) is 11.0 Å². The average molecular weight is 277 g/mol. The number of nitrogens with zero attached hydrogens (tertiary/aromatic N) is 2. The summed E-state index contributed by atoms with van der Waals surface area (Å²) in [6.07, 6.45) is 0.513. The van der Waals surface area contributed by atoms with Crippen LogP contribution in [0.2, 0.25) is 0 Å². The molecule has 0 fully saturated rings. The van der Waals surface area contributed by atoms with Crippen molar-refractivity contribution in [2.45, 2.75) is 25.2 Å². The summed E-state index contributed by atoms with van der Waals surface area (Å²) >= 11 is 0. The van der Waals surface area contributed by atoms with Gasteiger partial charge in [-0.25, -0.2) is 8.42 Å². The van der Waals surface area contributed by atoms with E-state index >= 15 is 0 Å². The van der Waals surface area contributed by atoms with E-state index in [4.69, 9.17) is 0 Å². The van der Waals surface area contributed by atoms with Gasteiger partial charge in [0.05, 0.1) is 10.4 Å². The van der Waals surface area contributed by atoms with Crippen molar-refractivity contribution in [1.82, 2.24) is 15.4 Å². The Kier molecular flexibility index (Phi) is 4.90. The van der Waals surface area contributed by atoms with Crippen molar-refractivity contribution in [2.75, 3.05) is 0 Å². The number of nitrogens with one attached hydrogen (secondary N) is 1. The molecular weight excluding hydrogens is 265 g/mol. The van der Waals surface area contributed by atoms with Crippen LogP contribution in [0.15, 0.2) is 17.0 Å². The molecule has 92 valence electrons. The van der Waals surface area contributed by atoms with Gasteiger partial charge in [-0.15, -0.1) is 5.10 Å². The molecule has 8 heteroatoms. The molecule has 0 saturated carbocycles. The van der Waals surface area contributed by atoms with Crippen LogP contribution in [0.5, 0.6) is 0 Å². The molecule has 0 amide bonds. The standard InChI is InChI=1S/C10H13N3O3S.Na/c1-6(2)5-7-3-4-8-9(12-13-11-8)10(7)17(14,15)16;/h3-4,6H,5H2,1-2H3,(H,11,12,13)(H,14,15,16);/q;+1/p-1. The van der Waals surface area contributed by atoms with Gasteiger partial charge >= 0.3 is 29.6 Å². The number of fused-ring (bicyclic) bond motifs is 1. The maximum atomic E-state index is 11.3. The molecule has 0 bridgehead atoms. The van der Waals surface area contributed by atoms with Gasteiger partial charge in [-0.2, -0.15) is 0 Å². The van der Waals surface area contributed by atoms with Crippen LogP contribution >= 0.6 is 0 Å². The maximum absolute atomic E-state index is 11.3. The van der Waals surface area contributed by atoms with Crippen molar-refractivity contribution >= 4 is 21.2 Å². The number of H-pyrrole nitrogens is 1. The molecule has 2 rings (SSSR count). The summed E-state index contributed by atoms with van der Waals surface area (Å²) < 4.78 is 33.9. The molecule has 0 aliphatic carbocycles. The molecule has 1 N–H and O–H groups in total. The Bertz CT molecular complexity index is 651. The number of hydrogen-bond acceptors (Lipinski definition) is 5. The van der Waals surface area contributed by atoms with E-state index in [0.29, 0.717) is 17.5 Å². The fourth-order valence-corrected chi connectivity index (χ4v) is 2.67. The Morgan fingerprint density at radius 2 is 2.06 bits per heavy atom. The first-order valence-corrected chi connectivity index (χ1v) is 6.59. The van der Waals surface area contributed by atoms with E-state index in [1.807, 2.05) is 13.8 Å². The van der Waals surface area contributed by atoms with Crippen LogP contribution in [0.4, 0.5) is 0 Å². The minimum absolute atomic E-state index is 0. The van der Waals surface area contributed by atoms with Gasteiger partial charge in [-0.1, -0.05) is 25.1 Å². The van der Waals surface area contributed by atoms with Gasteiger partial charge < -0.3 is 4.55 Å². The zero-order chi connectivity index (χ0) is 12.6. The number of aromatic amines is 1. The van der Waals surface area contributed by atoms with Crippen molar-refractivity contribution < 1.29 is 42.5 Å². The first kappa shape index (κ1) is 15.6. The zero-order valence-corrected chi connectivity index (χ0v) is 13.3. The summed E-state index contributed by atoms with van der Waals surface area (Å²) in [4.78, 5) is -0.252. The summed E-state index contributed by atoms with van der Waals surface area (Å²) in [6.45, 7) is 3.91. The second-order valence-electron chi connectivity index (χ2n) is 4.31. The first-order valence-electron chi connectivity index (χ1n) is 5.18. The third kappa shape index (κ3) is 3.10. The van der Waals surface area contributed by atoms with Gasteiger partial charge in [0.15, 0.2) is 0 Å². The molecule has 0 spiro atoms. The predicted octanol–water partition coefficient (Wildman–Crippen LogP) is -1.94. The molecular formula is C10H12N3NaO3S. The summed E-state index contributed by atoms with van der Waals surface area (Å²) in [5.74, 6) is 0.250. The molecule has 0 aliphatic heterocycles. The molecule has 0 aliphatic rings. The number of hydrogen-bond donors (Lipinski definition) is 1. The third-order valence-corrected chi connectivity index (χ3v) is 3.37. The Morgan fingerprint density at radius 1 is 1.39 bits per heavy atom. The second kappa shape index (κ2) is 5.66. The molecule has 1 aromatic carbocycles. The largest absolute Gasteiger partial charge is 1.00 e. The van der Waals surface area contributed by atoms with E-state index in [2.05, 4.69) is 15.4 Å². The van der Waals surface area contributed by atoms with Crippen LogP contribution in [-0.2, 0) is 16.5 Å². The Morgan fingerprint density at radius 3 is 2.61 bits per heavy atom.